The van der Waals surface area contributed by atoms with Gasteiger partial charge in [-0.1, -0.05) is 12.8 Å². The predicted octanol–water partition coefficient (Wildman–Crippen LogP) is 3.33. The second kappa shape index (κ2) is 7.83. The van der Waals surface area contributed by atoms with Crippen LogP contribution in [0.4, 0.5) is 4.79 Å². The summed E-state index contributed by atoms with van der Waals surface area (Å²) in [6.07, 6.45) is 8.89. The Morgan fingerprint density at radius 3 is 2.04 bits per heavy atom. The molecule has 5 heteroatoms. The molecule has 3 rings (SSSR count). The van der Waals surface area contributed by atoms with Crippen LogP contribution in [0.3, 0.4) is 0 Å². The van der Waals surface area contributed by atoms with Gasteiger partial charge in [0.05, 0.1) is 0 Å². The summed E-state index contributed by atoms with van der Waals surface area (Å²) in [4.78, 5) is 19.5. The van der Waals surface area contributed by atoms with E-state index in [9.17, 15) is 4.79 Å². The van der Waals surface area contributed by atoms with Crippen molar-refractivity contribution < 1.29 is 9.53 Å². The van der Waals surface area contributed by atoms with Crippen LogP contribution < -0.4 is 0 Å². The molecule has 0 spiro atoms. The van der Waals surface area contributed by atoms with Crippen molar-refractivity contribution in [3.63, 3.8) is 0 Å². The number of amides is 1. The van der Waals surface area contributed by atoms with Gasteiger partial charge >= 0.3 is 6.09 Å². The molecule has 1 saturated heterocycles. The summed E-state index contributed by atoms with van der Waals surface area (Å²) in [5, 5.41) is 0. The molecule has 144 valence electrons. The average molecular weight is 352 g/mol. The normalized spacial score (nSPS) is 29.9. The van der Waals surface area contributed by atoms with Gasteiger partial charge in [0.25, 0.3) is 0 Å². The SMILES string of the molecule is CN(C(=O)OC(C)(C)C)C1CCC(N2CCN(C3CCCC3)CC2)C1. The van der Waals surface area contributed by atoms with E-state index < -0.39 is 5.60 Å². The average Bonchev–Trinajstić information content (AvgIpc) is 3.24. The maximum atomic E-state index is 12.3. The molecule has 3 aliphatic rings. The summed E-state index contributed by atoms with van der Waals surface area (Å²) in [7, 11) is 1.90. The zero-order chi connectivity index (χ0) is 18.0. The van der Waals surface area contributed by atoms with Crippen molar-refractivity contribution in [1.29, 1.82) is 0 Å². The molecule has 3 fully saturated rings. The van der Waals surface area contributed by atoms with Gasteiger partial charge in [-0.25, -0.2) is 4.79 Å². The largest absolute Gasteiger partial charge is 0.444 e. The summed E-state index contributed by atoms with van der Waals surface area (Å²) in [6, 6.07) is 1.82. The fourth-order valence-corrected chi connectivity index (χ4v) is 4.84. The second-order valence-electron chi connectivity index (χ2n) is 9.22. The molecule has 0 radical (unpaired) electrons. The summed E-state index contributed by atoms with van der Waals surface area (Å²) >= 11 is 0. The van der Waals surface area contributed by atoms with Crippen molar-refractivity contribution >= 4 is 6.09 Å². The highest BCUT2D eigenvalue weighted by molar-refractivity contribution is 5.68. The zero-order valence-corrected chi connectivity index (χ0v) is 16.7. The van der Waals surface area contributed by atoms with Gasteiger partial charge in [0.15, 0.2) is 0 Å². The highest BCUT2D eigenvalue weighted by Crippen LogP contribution is 2.30. The Labute approximate surface area is 153 Å². The number of rotatable bonds is 3. The van der Waals surface area contributed by atoms with E-state index in [1.165, 1.54) is 58.3 Å². The topological polar surface area (TPSA) is 36.0 Å². The molecule has 2 saturated carbocycles. The predicted molar refractivity (Wildman–Crippen MR) is 101 cm³/mol. The number of nitrogens with zero attached hydrogens (tertiary/aromatic N) is 3. The van der Waals surface area contributed by atoms with Gasteiger partial charge < -0.3 is 9.64 Å². The lowest BCUT2D eigenvalue weighted by molar-refractivity contribution is 0.0212. The Kier molecular flexibility index (Phi) is 5.94. The van der Waals surface area contributed by atoms with Crippen LogP contribution in [0.5, 0.6) is 0 Å². The highest BCUT2D eigenvalue weighted by atomic mass is 16.6. The molecule has 0 aromatic heterocycles. The first-order valence-corrected chi connectivity index (χ1v) is 10.3. The number of carbonyl (C=O) groups excluding carboxylic acids is 1. The quantitative estimate of drug-likeness (QED) is 0.781. The minimum Gasteiger partial charge on any atom is -0.444 e. The van der Waals surface area contributed by atoms with Crippen LogP contribution in [0.15, 0.2) is 0 Å². The van der Waals surface area contributed by atoms with E-state index in [1.807, 2.05) is 32.7 Å². The molecular weight excluding hydrogens is 314 g/mol. The molecule has 2 aliphatic carbocycles. The minimum atomic E-state index is -0.417. The lowest BCUT2D eigenvalue weighted by Gasteiger charge is -2.40. The van der Waals surface area contributed by atoms with E-state index >= 15 is 0 Å². The fourth-order valence-electron chi connectivity index (χ4n) is 4.84. The van der Waals surface area contributed by atoms with Crippen molar-refractivity contribution in [3.8, 4) is 0 Å². The first-order valence-electron chi connectivity index (χ1n) is 10.3. The molecule has 0 bridgehead atoms. The molecule has 2 atom stereocenters. The number of hydrogen-bond acceptors (Lipinski definition) is 4. The summed E-state index contributed by atoms with van der Waals surface area (Å²) in [5.74, 6) is 0. The fraction of sp³-hybridized carbons (Fsp3) is 0.950. The molecule has 1 heterocycles. The van der Waals surface area contributed by atoms with Gasteiger partial charge in [-0.3, -0.25) is 9.80 Å². The van der Waals surface area contributed by atoms with Gasteiger partial charge in [-0.05, 0) is 52.9 Å². The molecule has 25 heavy (non-hydrogen) atoms. The lowest BCUT2D eigenvalue weighted by Crippen LogP contribution is -2.52. The zero-order valence-electron chi connectivity index (χ0n) is 16.7. The number of carbonyl (C=O) groups is 1. The van der Waals surface area contributed by atoms with E-state index in [4.69, 9.17) is 4.74 Å². The van der Waals surface area contributed by atoms with Crippen molar-refractivity contribution in [2.45, 2.75) is 89.4 Å². The van der Waals surface area contributed by atoms with E-state index in [2.05, 4.69) is 9.80 Å². The lowest BCUT2D eigenvalue weighted by atomic mass is 10.1. The van der Waals surface area contributed by atoms with Crippen molar-refractivity contribution in [2.24, 2.45) is 0 Å². The van der Waals surface area contributed by atoms with E-state index in [0.717, 1.165) is 18.9 Å². The third-order valence-corrected chi connectivity index (χ3v) is 6.31. The van der Waals surface area contributed by atoms with Crippen molar-refractivity contribution in [2.75, 3.05) is 33.2 Å². The third-order valence-electron chi connectivity index (χ3n) is 6.31. The Morgan fingerprint density at radius 1 is 0.920 bits per heavy atom. The van der Waals surface area contributed by atoms with Crippen LogP contribution in [0.2, 0.25) is 0 Å². The standard InChI is InChI=1S/C20H37N3O2/c1-20(2,3)25-19(24)21(4)17-9-10-18(15-17)23-13-11-22(12-14-23)16-7-5-6-8-16/h16-18H,5-15H2,1-4H3. The van der Waals surface area contributed by atoms with Crippen LogP contribution in [0.25, 0.3) is 0 Å². The van der Waals surface area contributed by atoms with Gasteiger partial charge in [-0.15, -0.1) is 0 Å². The minimum absolute atomic E-state index is 0.177. The molecule has 1 amide bonds. The highest BCUT2D eigenvalue weighted by Gasteiger charge is 2.36. The monoisotopic (exact) mass is 351 g/mol. The Hall–Kier alpha value is -0.810. The first kappa shape index (κ1) is 19.0. The van der Waals surface area contributed by atoms with Crippen molar-refractivity contribution in [1.82, 2.24) is 14.7 Å². The number of ether oxygens (including phenoxy) is 1. The van der Waals surface area contributed by atoms with Crippen LogP contribution in [0, 0.1) is 0 Å². The van der Waals surface area contributed by atoms with Crippen molar-refractivity contribution in [3.05, 3.63) is 0 Å². The molecule has 0 aromatic rings. The summed E-state index contributed by atoms with van der Waals surface area (Å²) < 4.78 is 5.53. The Bertz CT molecular complexity index is 448. The third kappa shape index (κ3) is 4.88. The number of piperazine rings is 1. The molecule has 0 aromatic carbocycles. The molecule has 0 N–H and O–H groups in total. The van der Waals surface area contributed by atoms with Gasteiger partial charge in [0.2, 0.25) is 0 Å². The Morgan fingerprint density at radius 2 is 1.48 bits per heavy atom. The van der Waals surface area contributed by atoms with Crippen LogP contribution in [0.1, 0.15) is 65.7 Å². The van der Waals surface area contributed by atoms with E-state index in [1.54, 1.807) is 0 Å². The first-order chi connectivity index (χ1) is 11.8. The maximum absolute atomic E-state index is 12.3. The van der Waals surface area contributed by atoms with Gasteiger partial charge in [0, 0.05) is 51.4 Å². The molecular formula is C20H37N3O2. The van der Waals surface area contributed by atoms with Crippen LogP contribution in [-0.4, -0.2) is 77.7 Å². The maximum Gasteiger partial charge on any atom is 0.410 e. The van der Waals surface area contributed by atoms with E-state index in [0.29, 0.717) is 12.1 Å². The van der Waals surface area contributed by atoms with Crippen LogP contribution >= 0.6 is 0 Å². The number of hydrogen-bond donors (Lipinski definition) is 0. The smallest absolute Gasteiger partial charge is 0.410 e. The van der Waals surface area contributed by atoms with E-state index in [-0.39, 0.29) is 6.09 Å². The van der Waals surface area contributed by atoms with Gasteiger partial charge in [-0.2, -0.15) is 0 Å². The Balaban J connectivity index is 1.44. The summed E-state index contributed by atoms with van der Waals surface area (Å²) in [6.45, 7) is 10.6. The second-order valence-corrected chi connectivity index (χ2v) is 9.22. The molecule has 2 unspecified atom stereocenters. The van der Waals surface area contributed by atoms with Gasteiger partial charge in [0.1, 0.15) is 5.60 Å². The molecule has 1 aliphatic heterocycles. The molecule has 5 nitrogen and oxygen atoms in total. The van der Waals surface area contributed by atoms with Crippen LogP contribution in [-0.2, 0) is 4.74 Å². The summed E-state index contributed by atoms with van der Waals surface area (Å²) in [5.41, 5.74) is -0.417.